The van der Waals surface area contributed by atoms with Gasteiger partial charge in [0.1, 0.15) is 0 Å². The predicted octanol–water partition coefficient (Wildman–Crippen LogP) is 4.27. The smallest absolute Gasteiger partial charge is 0.0886 e. The highest BCUT2D eigenvalue weighted by Gasteiger charge is 2.08. The van der Waals surface area contributed by atoms with Crippen LogP contribution in [0.2, 0.25) is 0 Å². The van der Waals surface area contributed by atoms with E-state index < -0.39 is 0 Å². The zero-order valence-electron chi connectivity index (χ0n) is 12.9. The molecule has 0 aromatic carbocycles. The number of hydrogen-bond donors (Lipinski definition) is 0. The van der Waals surface area contributed by atoms with Gasteiger partial charge in [0.05, 0.1) is 11.4 Å². The molecule has 0 atom stereocenters. The van der Waals surface area contributed by atoms with Gasteiger partial charge >= 0.3 is 0 Å². The normalized spacial score (nSPS) is 10.5. The van der Waals surface area contributed by atoms with Crippen LogP contribution in [-0.4, -0.2) is 19.9 Å². The van der Waals surface area contributed by atoms with Gasteiger partial charge in [0.25, 0.3) is 0 Å². The van der Waals surface area contributed by atoms with Crippen molar-refractivity contribution in [3.8, 4) is 33.6 Å². The fraction of sp³-hybridized carbons (Fsp3) is 0. The largest absolute Gasteiger partial charge is 0.265 e. The third-order valence-corrected chi connectivity index (χ3v) is 3.81. The van der Waals surface area contributed by atoms with E-state index in [1.807, 2.05) is 54.9 Å². The SMILES string of the molecule is c1ccc(-c2ccc(-c3cnccc3-c3ccncc3)cn2)nc1. The van der Waals surface area contributed by atoms with Crippen molar-refractivity contribution >= 4 is 0 Å². The van der Waals surface area contributed by atoms with E-state index in [0.29, 0.717) is 0 Å². The van der Waals surface area contributed by atoms with Crippen molar-refractivity contribution in [2.75, 3.05) is 0 Å². The Kier molecular flexibility index (Phi) is 3.78. The van der Waals surface area contributed by atoms with Gasteiger partial charge in [0.15, 0.2) is 0 Å². The van der Waals surface area contributed by atoms with Crippen LogP contribution in [0.5, 0.6) is 0 Å². The van der Waals surface area contributed by atoms with E-state index in [4.69, 9.17) is 0 Å². The molecule has 0 N–H and O–H groups in total. The highest BCUT2D eigenvalue weighted by molar-refractivity contribution is 5.82. The molecule has 24 heavy (non-hydrogen) atoms. The van der Waals surface area contributed by atoms with Crippen LogP contribution in [0.3, 0.4) is 0 Å². The van der Waals surface area contributed by atoms with Gasteiger partial charge in [0, 0.05) is 48.3 Å². The van der Waals surface area contributed by atoms with Gasteiger partial charge in [-0.1, -0.05) is 12.1 Å². The molecule has 0 amide bonds. The summed E-state index contributed by atoms with van der Waals surface area (Å²) in [5, 5.41) is 0. The Morgan fingerprint density at radius 1 is 0.500 bits per heavy atom. The molecular formula is C20H14N4. The van der Waals surface area contributed by atoms with E-state index in [-0.39, 0.29) is 0 Å². The second-order valence-corrected chi connectivity index (χ2v) is 5.30. The molecule has 0 aliphatic heterocycles. The van der Waals surface area contributed by atoms with Crippen LogP contribution < -0.4 is 0 Å². The molecule has 4 heterocycles. The van der Waals surface area contributed by atoms with E-state index in [1.54, 1.807) is 24.8 Å². The summed E-state index contributed by atoms with van der Waals surface area (Å²) in [6.07, 6.45) is 10.9. The molecule has 0 aliphatic carbocycles. The molecule has 0 saturated carbocycles. The van der Waals surface area contributed by atoms with Crippen LogP contribution in [0.25, 0.3) is 33.6 Å². The van der Waals surface area contributed by atoms with Crippen molar-refractivity contribution < 1.29 is 0 Å². The summed E-state index contributed by atoms with van der Waals surface area (Å²) < 4.78 is 0. The van der Waals surface area contributed by atoms with Crippen molar-refractivity contribution in [3.63, 3.8) is 0 Å². The molecule has 4 aromatic rings. The minimum absolute atomic E-state index is 0.855. The van der Waals surface area contributed by atoms with E-state index in [1.165, 1.54) is 0 Å². The van der Waals surface area contributed by atoms with Gasteiger partial charge in [-0.3, -0.25) is 19.9 Å². The first-order valence-electron chi connectivity index (χ1n) is 7.64. The van der Waals surface area contributed by atoms with Gasteiger partial charge < -0.3 is 0 Å². The Bertz CT molecular complexity index is 936. The average Bonchev–Trinajstić information content (AvgIpc) is 2.69. The van der Waals surface area contributed by atoms with Crippen LogP contribution in [0.15, 0.2) is 85.7 Å². The predicted molar refractivity (Wildman–Crippen MR) is 93.9 cm³/mol. The van der Waals surface area contributed by atoms with Gasteiger partial charge in [-0.15, -0.1) is 0 Å². The molecule has 114 valence electrons. The molecule has 0 spiro atoms. The maximum absolute atomic E-state index is 4.56. The first-order chi connectivity index (χ1) is 11.9. The van der Waals surface area contributed by atoms with E-state index >= 15 is 0 Å². The zero-order chi connectivity index (χ0) is 16.2. The summed E-state index contributed by atoms with van der Waals surface area (Å²) in [7, 11) is 0. The molecule has 0 radical (unpaired) electrons. The summed E-state index contributed by atoms with van der Waals surface area (Å²) in [5.41, 5.74) is 6.01. The topological polar surface area (TPSA) is 51.6 Å². The molecule has 0 bridgehead atoms. The van der Waals surface area contributed by atoms with Crippen LogP contribution >= 0.6 is 0 Å². The Morgan fingerprint density at radius 2 is 1.33 bits per heavy atom. The van der Waals surface area contributed by atoms with Crippen molar-refractivity contribution in [3.05, 3.63) is 85.7 Å². The summed E-state index contributed by atoms with van der Waals surface area (Å²) in [6.45, 7) is 0. The molecule has 0 unspecified atom stereocenters. The second-order valence-electron chi connectivity index (χ2n) is 5.30. The minimum atomic E-state index is 0.855. The summed E-state index contributed by atoms with van der Waals surface area (Å²) in [4.78, 5) is 17.2. The average molecular weight is 310 g/mol. The van der Waals surface area contributed by atoms with Gasteiger partial charge in [0.2, 0.25) is 0 Å². The Hall–Kier alpha value is -3.40. The fourth-order valence-electron chi connectivity index (χ4n) is 2.63. The molecule has 0 fully saturated rings. The van der Waals surface area contributed by atoms with Crippen molar-refractivity contribution in [2.24, 2.45) is 0 Å². The maximum Gasteiger partial charge on any atom is 0.0886 e. The Labute approximate surface area is 139 Å². The van der Waals surface area contributed by atoms with E-state index in [0.717, 1.165) is 33.6 Å². The van der Waals surface area contributed by atoms with Crippen molar-refractivity contribution in [1.82, 2.24) is 19.9 Å². The molecular weight excluding hydrogens is 296 g/mol. The third-order valence-electron chi connectivity index (χ3n) is 3.81. The molecule has 4 heteroatoms. The quantitative estimate of drug-likeness (QED) is 0.567. The third kappa shape index (κ3) is 2.77. The number of rotatable bonds is 3. The minimum Gasteiger partial charge on any atom is -0.265 e. The lowest BCUT2D eigenvalue weighted by atomic mass is 9.98. The van der Waals surface area contributed by atoms with Gasteiger partial charge in [-0.25, -0.2) is 0 Å². The van der Waals surface area contributed by atoms with Crippen LogP contribution in [0.1, 0.15) is 0 Å². The number of aromatic nitrogens is 4. The van der Waals surface area contributed by atoms with Gasteiger partial charge in [-0.05, 0) is 47.5 Å². The Morgan fingerprint density at radius 3 is 2.08 bits per heavy atom. The monoisotopic (exact) mass is 310 g/mol. The lowest BCUT2D eigenvalue weighted by Gasteiger charge is -2.09. The molecule has 0 saturated heterocycles. The van der Waals surface area contributed by atoms with Crippen molar-refractivity contribution in [1.29, 1.82) is 0 Å². The number of nitrogens with zero attached hydrogens (tertiary/aromatic N) is 4. The first kappa shape index (κ1) is 14.2. The first-order valence-corrected chi connectivity index (χ1v) is 7.64. The van der Waals surface area contributed by atoms with Crippen molar-refractivity contribution in [2.45, 2.75) is 0 Å². The molecule has 0 aliphatic rings. The van der Waals surface area contributed by atoms with Crippen LogP contribution in [-0.2, 0) is 0 Å². The maximum atomic E-state index is 4.56. The van der Waals surface area contributed by atoms with E-state index in [2.05, 4.69) is 26.0 Å². The highest BCUT2D eigenvalue weighted by Crippen LogP contribution is 2.31. The van der Waals surface area contributed by atoms with E-state index in [9.17, 15) is 0 Å². The summed E-state index contributed by atoms with van der Waals surface area (Å²) in [5.74, 6) is 0. The Balaban J connectivity index is 1.75. The lowest BCUT2D eigenvalue weighted by molar-refractivity contribution is 1.24. The highest BCUT2D eigenvalue weighted by atomic mass is 14.8. The fourth-order valence-corrected chi connectivity index (χ4v) is 2.63. The summed E-state index contributed by atoms with van der Waals surface area (Å²) >= 11 is 0. The molecule has 4 aromatic heterocycles. The van der Waals surface area contributed by atoms with Gasteiger partial charge in [-0.2, -0.15) is 0 Å². The molecule has 4 nitrogen and oxygen atoms in total. The van der Waals surface area contributed by atoms with Crippen LogP contribution in [0.4, 0.5) is 0 Å². The number of pyridine rings is 4. The standard InChI is InChI=1S/C20H14N4/c1-2-9-23-19(3-1)20-5-4-16(13-24-20)18-14-22-12-8-17(18)15-6-10-21-11-7-15/h1-14H. The zero-order valence-corrected chi connectivity index (χ0v) is 12.9. The summed E-state index contributed by atoms with van der Waals surface area (Å²) in [6, 6.07) is 15.9. The molecule has 4 rings (SSSR count). The van der Waals surface area contributed by atoms with Crippen LogP contribution in [0, 0.1) is 0 Å². The number of hydrogen-bond acceptors (Lipinski definition) is 4. The second kappa shape index (κ2) is 6.38. The lowest BCUT2D eigenvalue weighted by Crippen LogP contribution is -1.90.